The first kappa shape index (κ1) is 27.8. The number of fused-ring (bicyclic) bond motifs is 1. The molecule has 0 unspecified atom stereocenters. The molecule has 8 heteroatoms. The van der Waals surface area contributed by atoms with E-state index in [2.05, 4.69) is 91.8 Å². The minimum Gasteiger partial charge on any atom is -0.384 e. The fourth-order valence-electron chi connectivity index (χ4n) is 6.60. The number of para-hydroxylation sites is 1. The minimum absolute atomic E-state index is 0.128. The Morgan fingerprint density at radius 2 is 1.66 bits per heavy atom. The molecule has 0 atom stereocenters. The number of pyridine rings is 1. The molecule has 2 aromatic heterocycles. The number of likely N-dealkylation sites (tertiary alicyclic amines) is 2. The van der Waals surface area contributed by atoms with Gasteiger partial charge >= 0.3 is 0 Å². The number of carbonyl (C=O) groups excluding carboxylic acids is 1. The number of aromatic nitrogens is 2. The van der Waals surface area contributed by atoms with Gasteiger partial charge in [-0.2, -0.15) is 0 Å². The molecule has 2 aliphatic heterocycles. The van der Waals surface area contributed by atoms with E-state index < -0.39 is 0 Å². The number of nitrogen functional groups attached to an aromatic ring is 1. The predicted octanol–water partition coefficient (Wildman–Crippen LogP) is 5.88. The van der Waals surface area contributed by atoms with Crippen LogP contribution < -0.4 is 5.73 Å². The van der Waals surface area contributed by atoms with E-state index in [4.69, 9.17) is 5.73 Å². The summed E-state index contributed by atoms with van der Waals surface area (Å²) in [5, 5.41) is 1.33. The van der Waals surface area contributed by atoms with Crippen molar-refractivity contribution in [2.75, 3.05) is 46.0 Å². The third-order valence-electron chi connectivity index (χ3n) is 8.57. The quantitative estimate of drug-likeness (QED) is 0.281. The average Bonchev–Trinajstić information content (AvgIpc) is 3.31. The van der Waals surface area contributed by atoms with E-state index in [-0.39, 0.29) is 5.92 Å². The van der Waals surface area contributed by atoms with Gasteiger partial charge in [-0.05, 0) is 93.7 Å². The topological polar surface area (TPSA) is 70.6 Å². The highest BCUT2D eigenvalue weighted by Gasteiger charge is 2.33. The second-order valence-electron chi connectivity index (χ2n) is 11.6. The monoisotopic (exact) mass is 568 g/mol. The van der Waals surface area contributed by atoms with Gasteiger partial charge in [-0.25, -0.2) is 9.29 Å². The second-order valence-corrected chi connectivity index (χ2v) is 12.8. The van der Waals surface area contributed by atoms with Crippen molar-refractivity contribution in [2.24, 2.45) is 5.92 Å². The summed E-state index contributed by atoms with van der Waals surface area (Å²) in [7, 11) is 4.19. The standard InChI is InChI=1S/C33H40N6OS/c1-36(2)41-39-29-11-7-6-10-28(29)31(32(39)26-8-4-3-5-9-26)25-15-20-38(21-16-25)33(40)27-13-18-37(19-14-27)23-24-12-17-35-30(34)22-24/h3-12,17,22,25,27H,13-16,18-21,23H2,1-2H3,(H2,34,35). The SMILES string of the molecule is CN(C)Sn1c(-c2ccccc2)c(C2CCN(C(=O)C3CCN(Cc4ccnc(N)c4)CC3)CC2)c2ccccc21. The van der Waals surface area contributed by atoms with Gasteiger partial charge < -0.3 is 10.6 Å². The van der Waals surface area contributed by atoms with Crippen LogP contribution >= 0.6 is 12.1 Å². The van der Waals surface area contributed by atoms with E-state index in [1.807, 2.05) is 12.1 Å². The first-order valence-electron chi connectivity index (χ1n) is 14.7. The Bertz CT molecular complexity index is 1490. The maximum Gasteiger partial charge on any atom is 0.225 e. The first-order chi connectivity index (χ1) is 20.0. The van der Waals surface area contributed by atoms with Gasteiger partial charge in [0, 0.05) is 49.3 Å². The molecule has 2 aromatic carbocycles. The van der Waals surface area contributed by atoms with Gasteiger partial charge in [0.05, 0.1) is 11.2 Å². The van der Waals surface area contributed by atoms with E-state index >= 15 is 0 Å². The Hall–Kier alpha value is -3.33. The lowest BCUT2D eigenvalue weighted by atomic mass is 9.85. The second kappa shape index (κ2) is 12.3. The number of nitrogens with zero attached hydrogens (tertiary/aromatic N) is 5. The van der Waals surface area contributed by atoms with Crippen LogP contribution in [0.5, 0.6) is 0 Å². The van der Waals surface area contributed by atoms with Crippen molar-refractivity contribution in [3.63, 3.8) is 0 Å². The highest BCUT2D eigenvalue weighted by molar-refractivity contribution is 7.95. The summed E-state index contributed by atoms with van der Waals surface area (Å²) in [4.78, 5) is 22.3. The van der Waals surface area contributed by atoms with Crippen molar-refractivity contribution in [1.29, 1.82) is 0 Å². The molecule has 0 radical (unpaired) electrons. The Kier molecular flexibility index (Phi) is 8.32. The van der Waals surface area contributed by atoms with Crippen molar-refractivity contribution in [1.82, 2.24) is 23.1 Å². The Morgan fingerprint density at radius 3 is 2.37 bits per heavy atom. The van der Waals surface area contributed by atoms with Crippen LogP contribution in [0.2, 0.25) is 0 Å². The number of benzene rings is 2. The molecule has 2 N–H and O–H groups in total. The molecule has 4 heterocycles. The van der Waals surface area contributed by atoms with Crippen molar-refractivity contribution in [3.05, 3.63) is 84.1 Å². The zero-order valence-corrected chi connectivity index (χ0v) is 24.9. The Balaban J connectivity index is 1.15. The van der Waals surface area contributed by atoms with Crippen molar-refractivity contribution in [3.8, 4) is 11.3 Å². The summed E-state index contributed by atoms with van der Waals surface area (Å²) >= 11 is 1.73. The molecule has 4 aromatic rings. The molecule has 0 spiro atoms. The summed E-state index contributed by atoms with van der Waals surface area (Å²) in [6.45, 7) is 4.41. The van der Waals surface area contributed by atoms with E-state index in [9.17, 15) is 4.79 Å². The molecule has 214 valence electrons. The van der Waals surface area contributed by atoms with Gasteiger partial charge in [-0.3, -0.25) is 13.7 Å². The molecule has 2 aliphatic rings. The zero-order chi connectivity index (χ0) is 28.3. The van der Waals surface area contributed by atoms with Crippen LogP contribution in [-0.4, -0.2) is 69.2 Å². The van der Waals surface area contributed by atoms with Crippen LogP contribution in [0, 0.1) is 5.92 Å². The zero-order valence-electron chi connectivity index (χ0n) is 24.1. The Morgan fingerprint density at radius 1 is 0.951 bits per heavy atom. The molecule has 2 saturated heterocycles. The van der Waals surface area contributed by atoms with E-state index in [0.29, 0.717) is 17.6 Å². The lowest BCUT2D eigenvalue weighted by molar-refractivity contribution is -0.138. The lowest BCUT2D eigenvalue weighted by Gasteiger charge is -2.37. The highest BCUT2D eigenvalue weighted by atomic mass is 32.2. The molecule has 1 amide bonds. The van der Waals surface area contributed by atoms with Crippen LogP contribution in [0.3, 0.4) is 0 Å². The lowest BCUT2D eigenvalue weighted by Crippen LogP contribution is -2.45. The molecule has 7 nitrogen and oxygen atoms in total. The average molecular weight is 569 g/mol. The number of hydrogen-bond donors (Lipinski definition) is 1. The molecule has 0 aliphatic carbocycles. The summed E-state index contributed by atoms with van der Waals surface area (Å²) < 4.78 is 4.55. The largest absolute Gasteiger partial charge is 0.384 e. The predicted molar refractivity (Wildman–Crippen MR) is 169 cm³/mol. The number of nitrogens with two attached hydrogens (primary N) is 1. The number of amides is 1. The normalized spacial score (nSPS) is 17.5. The summed E-state index contributed by atoms with van der Waals surface area (Å²) in [5.41, 5.74) is 12.3. The number of carbonyl (C=O) groups is 1. The van der Waals surface area contributed by atoms with Gasteiger partial charge in [0.2, 0.25) is 5.91 Å². The molecule has 6 rings (SSSR count). The number of piperidine rings is 2. The number of rotatable bonds is 7. The van der Waals surface area contributed by atoms with E-state index in [1.54, 1.807) is 18.3 Å². The molecule has 0 bridgehead atoms. The molecule has 0 saturated carbocycles. The Labute approximate surface area is 247 Å². The van der Waals surface area contributed by atoms with E-state index in [1.165, 1.54) is 33.3 Å². The molecule has 2 fully saturated rings. The number of hydrogen-bond acceptors (Lipinski definition) is 6. The minimum atomic E-state index is 0.128. The van der Waals surface area contributed by atoms with Crippen molar-refractivity contribution >= 4 is 34.8 Å². The van der Waals surface area contributed by atoms with Crippen molar-refractivity contribution in [2.45, 2.75) is 38.1 Å². The van der Waals surface area contributed by atoms with E-state index in [0.717, 1.165) is 58.4 Å². The summed E-state index contributed by atoms with van der Waals surface area (Å²) in [6.07, 6.45) is 5.61. The third-order valence-corrected chi connectivity index (χ3v) is 9.44. The number of anilines is 1. The van der Waals surface area contributed by atoms with Crippen LogP contribution in [0.25, 0.3) is 22.2 Å². The van der Waals surface area contributed by atoms with Crippen LogP contribution in [0.15, 0.2) is 72.9 Å². The molecule has 41 heavy (non-hydrogen) atoms. The highest BCUT2D eigenvalue weighted by Crippen LogP contribution is 2.44. The van der Waals surface area contributed by atoms with Crippen LogP contribution in [0.4, 0.5) is 5.82 Å². The van der Waals surface area contributed by atoms with Gasteiger partial charge in [0.1, 0.15) is 5.82 Å². The van der Waals surface area contributed by atoms with Gasteiger partial charge in [0.25, 0.3) is 0 Å². The van der Waals surface area contributed by atoms with Gasteiger partial charge in [-0.15, -0.1) is 0 Å². The van der Waals surface area contributed by atoms with Crippen LogP contribution in [0.1, 0.15) is 42.7 Å². The first-order valence-corrected chi connectivity index (χ1v) is 15.5. The summed E-state index contributed by atoms with van der Waals surface area (Å²) in [5.74, 6) is 1.46. The maximum atomic E-state index is 13.6. The molecular weight excluding hydrogens is 528 g/mol. The van der Waals surface area contributed by atoms with Gasteiger partial charge in [0.15, 0.2) is 0 Å². The summed E-state index contributed by atoms with van der Waals surface area (Å²) in [6, 6.07) is 23.5. The van der Waals surface area contributed by atoms with Gasteiger partial charge in [-0.1, -0.05) is 48.5 Å². The fraction of sp³-hybridized carbons (Fsp3) is 0.394. The maximum absolute atomic E-state index is 13.6. The van der Waals surface area contributed by atoms with Crippen molar-refractivity contribution < 1.29 is 4.79 Å². The smallest absolute Gasteiger partial charge is 0.225 e. The fourth-order valence-corrected chi connectivity index (χ4v) is 7.46. The van der Waals surface area contributed by atoms with Crippen LogP contribution in [-0.2, 0) is 11.3 Å². The molecular formula is C33H40N6OS. The third kappa shape index (κ3) is 6.01.